The zero-order valence-electron chi connectivity index (χ0n) is 6.50. The fourth-order valence-electron chi connectivity index (χ4n) is 0.534. The first kappa shape index (κ1) is 10.7. The van der Waals surface area contributed by atoms with E-state index in [2.05, 4.69) is 0 Å². The third-order valence-corrected chi connectivity index (χ3v) is 2.42. The topological polar surface area (TPSA) is 63.6 Å². The van der Waals surface area contributed by atoms with E-state index < -0.39 is 13.8 Å². The first-order chi connectivity index (χ1) is 5.16. The van der Waals surface area contributed by atoms with Crippen LogP contribution in [0.5, 0.6) is 0 Å². The van der Waals surface area contributed by atoms with Gasteiger partial charge in [0.1, 0.15) is 7.80 Å². The second kappa shape index (κ2) is 6.38. The minimum atomic E-state index is -1.80. The number of hydrogen-bond donors (Lipinski definition) is 1. The monoisotopic (exact) mass is 180 g/mol. The van der Waals surface area contributed by atoms with Gasteiger partial charge < -0.3 is 14.4 Å². The van der Waals surface area contributed by atoms with Crippen molar-refractivity contribution < 1.29 is 19.2 Å². The molecule has 1 atom stereocenters. The quantitative estimate of drug-likeness (QED) is 0.619. The molecule has 0 aromatic heterocycles. The molecule has 0 amide bonds. The van der Waals surface area contributed by atoms with E-state index in [9.17, 15) is 9.36 Å². The number of hydrogen-bond acceptors (Lipinski definition) is 3. The number of rotatable bonds is 6. The molecule has 0 bridgehead atoms. The summed E-state index contributed by atoms with van der Waals surface area (Å²) in [6.07, 6.45) is 0.444. The Balaban J connectivity index is 3.30. The second-order valence-electron chi connectivity index (χ2n) is 2.07. The molecule has 4 nitrogen and oxygen atoms in total. The fourth-order valence-corrected chi connectivity index (χ4v) is 1.60. The van der Waals surface area contributed by atoms with Crippen molar-refractivity contribution in [1.29, 1.82) is 0 Å². The standard InChI is InChI=1S/C6H13O4P/c1-2-10-5-11(9)4-3-6(7)8/h11H,2-5H2,1H3,(H,7,8). The van der Waals surface area contributed by atoms with Gasteiger partial charge in [-0.05, 0) is 6.92 Å². The lowest BCUT2D eigenvalue weighted by atomic mass is 10.5. The number of carboxylic acids is 1. The molecule has 1 unspecified atom stereocenters. The zero-order chi connectivity index (χ0) is 8.69. The van der Waals surface area contributed by atoms with E-state index in [-0.39, 0.29) is 18.9 Å². The third kappa shape index (κ3) is 7.56. The molecule has 5 heteroatoms. The summed E-state index contributed by atoms with van der Waals surface area (Å²) in [6, 6.07) is 0. The molecule has 0 aliphatic heterocycles. The predicted octanol–water partition coefficient (Wildman–Crippen LogP) is 1.01. The van der Waals surface area contributed by atoms with E-state index in [4.69, 9.17) is 9.84 Å². The predicted molar refractivity (Wildman–Crippen MR) is 42.6 cm³/mol. The molecule has 0 rings (SSSR count). The van der Waals surface area contributed by atoms with Crippen LogP contribution in [-0.4, -0.2) is 30.2 Å². The van der Waals surface area contributed by atoms with Crippen molar-refractivity contribution in [2.75, 3.05) is 19.1 Å². The van der Waals surface area contributed by atoms with E-state index in [0.717, 1.165) is 0 Å². The number of ether oxygens (including phenoxy) is 1. The molecule has 0 aliphatic rings. The Kier molecular flexibility index (Phi) is 6.18. The highest BCUT2D eigenvalue weighted by Crippen LogP contribution is 2.20. The Morgan fingerprint density at radius 2 is 2.27 bits per heavy atom. The highest BCUT2D eigenvalue weighted by atomic mass is 31.1. The van der Waals surface area contributed by atoms with Crippen LogP contribution in [-0.2, 0) is 14.1 Å². The molecule has 66 valence electrons. The number of aliphatic carboxylic acids is 1. The van der Waals surface area contributed by atoms with Crippen molar-refractivity contribution in [2.24, 2.45) is 0 Å². The summed E-state index contributed by atoms with van der Waals surface area (Å²) in [5.41, 5.74) is 0. The Morgan fingerprint density at radius 1 is 1.64 bits per heavy atom. The molecular formula is C6H13O4P. The summed E-state index contributed by atoms with van der Waals surface area (Å²) >= 11 is 0. The molecule has 0 aromatic rings. The van der Waals surface area contributed by atoms with Gasteiger partial charge in [-0.25, -0.2) is 0 Å². The molecule has 0 saturated heterocycles. The molecule has 0 fully saturated rings. The molecule has 0 radical (unpaired) electrons. The number of carbonyl (C=O) groups is 1. The highest BCUT2D eigenvalue weighted by Gasteiger charge is 2.02. The first-order valence-electron chi connectivity index (χ1n) is 3.48. The normalized spacial score (nSPS) is 12.8. The second-order valence-corrected chi connectivity index (χ2v) is 3.94. The van der Waals surface area contributed by atoms with Crippen molar-refractivity contribution in [3.8, 4) is 0 Å². The van der Waals surface area contributed by atoms with Crippen LogP contribution in [0, 0.1) is 0 Å². The number of carboxylic acid groups (broad SMARTS) is 1. The summed E-state index contributed by atoms with van der Waals surface area (Å²) in [4.78, 5) is 10.0. The van der Waals surface area contributed by atoms with Crippen molar-refractivity contribution in [1.82, 2.24) is 0 Å². The smallest absolute Gasteiger partial charge is 0.303 e. The van der Waals surface area contributed by atoms with Gasteiger partial charge in [0.2, 0.25) is 0 Å². The average Bonchev–Trinajstić information content (AvgIpc) is 1.97. The maximum atomic E-state index is 10.9. The van der Waals surface area contributed by atoms with Gasteiger partial charge in [-0.1, -0.05) is 0 Å². The van der Waals surface area contributed by atoms with Gasteiger partial charge >= 0.3 is 5.97 Å². The largest absolute Gasteiger partial charge is 0.481 e. The summed E-state index contributed by atoms with van der Waals surface area (Å²) < 4.78 is 15.8. The van der Waals surface area contributed by atoms with E-state index in [1.54, 1.807) is 0 Å². The van der Waals surface area contributed by atoms with E-state index >= 15 is 0 Å². The lowest BCUT2D eigenvalue weighted by Gasteiger charge is -1.99. The van der Waals surface area contributed by atoms with Gasteiger partial charge in [0.05, 0.1) is 12.8 Å². The lowest BCUT2D eigenvalue weighted by Crippen LogP contribution is -1.98. The van der Waals surface area contributed by atoms with Crippen molar-refractivity contribution >= 4 is 13.8 Å². The molecule has 0 heterocycles. The molecule has 0 aliphatic carbocycles. The van der Waals surface area contributed by atoms with Crippen LogP contribution in [0.25, 0.3) is 0 Å². The van der Waals surface area contributed by atoms with Crippen LogP contribution in [0.15, 0.2) is 0 Å². The summed E-state index contributed by atoms with van der Waals surface area (Å²) in [7, 11) is -1.80. The minimum absolute atomic E-state index is 0.0229. The summed E-state index contributed by atoms with van der Waals surface area (Å²) in [6.45, 7) is 2.34. The van der Waals surface area contributed by atoms with Crippen LogP contribution in [0.3, 0.4) is 0 Å². The van der Waals surface area contributed by atoms with Gasteiger partial charge in [0, 0.05) is 12.8 Å². The summed E-state index contributed by atoms with van der Waals surface area (Å²) in [5.74, 6) is -0.903. The van der Waals surface area contributed by atoms with Gasteiger partial charge in [-0.15, -0.1) is 0 Å². The Labute approximate surface area is 66.3 Å². The third-order valence-electron chi connectivity index (χ3n) is 1.08. The van der Waals surface area contributed by atoms with E-state index in [1.165, 1.54) is 0 Å². The molecule has 0 saturated carbocycles. The average molecular weight is 180 g/mol. The van der Waals surface area contributed by atoms with Crippen molar-refractivity contribution in [2.45, 2.75) is 13.3 Å². The van der Waals surface area contributed by atoms with E-state index in [0.29, 0.717) is 6.61 Å². The fraction of sp³-hybridized carbons (Fsp3) is 0.833. The molecule has 0 aromatic carbocycles. The highest BCUT2D eigenvalue weighted by molar-refractivity contribution is 7.44. The van der Waals surface area contributed by atoms with Gasteiger partial charge in [-0.3, -0.25) is 4.79 Å². The Bertz CT molecular complexity index is 146. The summed E-state index contributed by atoms with van der Waals surface area (Å²) in [5, 5.41) is 8.22. The van der Waals surface area contributed by atoms with Crippen molar-refractivity contribution in [3.05, 3.63) is 0 Å². The molecule has 0 spiro atoms. The zero-order valence-corrected chi connectivity index (χ0v) is 7.50. The van der Waals surface area contributed by atoms with Gasteiger partial charge in [-0.2, -0.15) is 0 Å². The van der Waals surface area contributed by atoms with Crippen LogP contribution in [0.4, 0.5) is 0 Å². The van der Waals surface area contributed by atoms with Crippen LogP contribution < -0.4 is 0 Å². The SMILES string of the molecule is CCOC[PH](=O)CCC(=O)O. The molecular weight excluding hydrogens is 167 g/mol. The van der Waals surface area contributed by atoms with Gasteiger partial charge in [0.25, 0.3) is 0 Å². The Hall–Kier alpha value is -0.340. The van der Waals surface area contributed by atoms with Crippen LogP contribution in [0.2, 0.25) is 0 Å². The van der Waals surface area contributed by atoms with E-state index in [1.807, 2.05) is 6.92 Å². The first-order valence-corrected chi connectivity index (χ1v) is 5.30. The maximum absolute atomic E-state index is 10.9. The van der Waals surface area contributed by atoms with Crippen LogP contribution >= 0.6 is 7.80 Å². The lowest BCUT2D eigenvalue weighted by molar-refractivity contribution is -0.136. The van der Waals surface area contributed by atoms with Crippen LogP contribution in [0.1, 0.15) is 13.3 Å². The minimum Gasteiger partial charge on any atom is -0.481 e. The Morgan fingerprint density at radius 3 is 2.73 bits per heavy atom. The van der Waals surface area contributed by atoms with Gasteiger partial charge in [0.15, 0.2) is 0 Å². The maximum Gasteiger partial charge on any atom is 0.303 e. The molecule has 1 N–H and O–H groups in total. The molecule has 11 heavy (non-hydrogen) atoms. The van der Waals surface area contributed by atoms with Crippen molar-refractivity contribution in [3.63, 3.8) is 0 Å².